The monoisotopic (exact) mass is 457 g/mol. The lowest BCUT2D eigenvalue weighted by Gasteiger charge is -2.20. The maximum absolute atomic E-state index is 12.5. The van der Waals surface area contributed by atoms with Gasteiger partial charge >= 0.3 is 0 Å². The predicted molar refractivity (Wildman–Crippen MR) is 140 cm³/mol. The van der Waals surface area contributed by atoms with E-state index in [0.29, 0.717) is 6.54 Å². The van der Waals surface area contributed by atoms with Gasteiger partial charge < -0.3 is 5.32 Å². The molecule has 4 nitrogen and oxygen atoms in total. The molecule has 4 rings (SSSR count). The molecule has 0 aliphatic heterocycles. The molecule has 0 spiro atoms. The van der Waals surface area contributed by atoms with Crippen molar-refractivity contribution >= 4 is 33.1 Å². The van der Waals surface area contributed by atoms with Crippen LogP contribution in [0.1, 0.15) is 37.5 Å². The van der Waals surface area contributed by atoms with Gasteiger partial charge in [-0.25, -0.2) is 4.98 Å². The van der Waals surface area contributed by atoms with E-state index in [1.165, 1.54) is 21.4 Å². The molecular weight excluding hydrogens is 426 g/mol. The normalized spacial score (nSPS) is 11.8. The number of nitrogens with zero attached hydrogens (tertiary/aromatic N) is 2. The fourth-order valence-corrected chi connectivity index (χ4v) is 4.84. The highest BCUT2D eigenvalue weighted by Gasteiger charge is 2.14. The summed E-state index contributed by atoms with van der Waals surface area (Å²) in [6, 6.07) is 22.9. The molecule has 0 radical (unpaired) electrons. The first-order valence-corrected chi connectivity index (χ1v) is 12.0. The van der Waals surface area contributed by atoms with Crippen LogP contribution in [-0.4, -0.2) is 29.4 Å². The van der Waals surface area contributed by atoms with Gasteiger partial charge in [0.25, 0.3) is 0 Å². The molecule has 1 N–H and O–H groups in total. The van der Waals surface area contributed by atoms with E-state index >= 15 is 0 Å². The van der Waals surface area contributed by atoms with Crippen molar-refractivity contribution in [3.8, 4) is 10.6 Å². The minimum absolute atomic E-state index is 0.0213. The molecule has 0 atom stereocenters. The van der Waals surface area contributed by atoms with Crippen molar-refractivity contribution in [2.24, 2.45) is 0 Å². The molecule has 0 unspecified atom stereocenters. The van der Waals surface area contributed by atoms with Crippen LogP contribution >= 0.6 is 11.3 Å². The summed E-state index contributed by atoms with van der Waals surface area (Å²) in [6.45, 7) is 9.80. The Kier molecular flexibility index (Phi) is 6.63. The van der Waals surface area contributed by atoms with E-state index in [1.807, 2.05) is 36.2 Å². The molecular formula is C28H31N3OS. The van der Waals surface area contributed by atoms with Crippen LogP contribution in [-0.2, 0) is 16.8 Å². The van der Waals surface area contributed by atoms with Crippen LogP contribution in [0.15, 0.2) is 66.7 Å². The zero-order valence-electron chi connectivity index (χ0n) is 20.0. The number of benzene rings is 3. The van der Waals surface area contributed by atoms with Crippen molar-refractivity contribution in [2.75, 3.05) is 18.9 Å². The Hall–Kier alpha value is -3.02. The Balaban J connectivity index is 1.33. The number of aromatic nitrogens is 1. The van der Waals surface area contributed by atoms with Gasteiger partial charge in [-0.15, -0.1) is 11.3 Å². The standard InChI is InChI=1S/C28H31N3OS/c1-19-6-15-24-25(16-19)33-27(30-24)21-9-13-23(14-10-21)29-26(32)18-31(5)17-20-7-11-22(12-8-20)28(2,3)4/h6-16H,17-18H2,1-5H3,(H,29,32). The fraction of sp³-hybridized carbons (Fsp3) is 0.286. The molecule has 0 saturated carbocycles. The second-order valence-corrected chi connectivity index (χ2v) is 10.8. The molecule has 1 heterocycles. The van der Waals surface area contributed by atoms with Gasteiger partial charge in [-0.3, -0.25) is 9.69 Å². The molecule has 1 amide bonds. The van der Waals surface area contributed by atoms with Gasteiger partial charge in [0.15, 0.2) is 0 Å². The molecule has 5 heteroatoms. The third-order valence-corrected chi connectivity index (χ3v) is 6.71. The average molecular weight is 458 g/mol. The Morgan fingerprint density at radius 2 is 1.70 bits per heavy atom. The van der Waals surface area contributed by atoms with Crippen molar-refractivity contribution in [3.05, 3.63) is 83.4 Å². The SMILES string of the molecule is Cc1ccc2nc(-c3ccc(NC(=O)CN(C)Cc4ccc(C(C)(C)C)cc4)cc3)sc2c1. The van der Waals surface area contributed by atoms with E-state index in [1.54, 1.807) is 11.3 Å². The summed E-state index contributed by atoms with van der Waals surface area (Å²) in [6.07, 6.45) is 0. The molecule has 0 bridgehead atoms. The second-order valence-electron chi connectivity index (χ2n) is 9.73. The molecule has 4 aromatic rings. The largest absolute Gasteiger partial charge is 0.325 e. The van der Waals surface area contributed by atoms with Crippen LogP contribution in [0.25, 0.3) is 20.8 Å². The molecule has 0 fully saturated rings. The first kappa shape index (κ1) is 23.1. The summed E-state index contributed by atoms with van der Waals surface area (Å²) in [7, 11) is 1.97. The number of rotatable bonds is 6. The first-order chi connectivity index (χ1) is 15.7. The predicted octanol–water partition coefficient (Wildman–Crippen LogP) is 6.64. The number of hydrogen-bond donors (Lipinski definition) is 1. The fourth-order valence-electron chi connectivity index (χ4n) is 3.77. The number of carbonyl (C=O) groups is 1. The maximum Gasteiger partial charge on any atom is 0.238 e. The molecule has 0 aliphatic carbocycles. The van der Waals surface area contributed by atoms with E-state index in [4.69, 9.17) is 4.98 Å². The van der Waals surface area contributed by atoms with Gasteiger partial charge in [-0.1, -0.05) is 51.1 Å². The number of aryl methyl sites for hydroxylation is 1. The quantitative estimate of drug-likeness (QED) is 0.353. The van der Waals surface area contributed by atoms with Crippen LogP contribution in [0.5, 0.6) is 0 Å². The minimum atomic E-state index is -0.0213. The third-order valence-electron chi connectivity index (χ3n) is 5.65. The Labute approximate surface area is 200 Å². The number of fused-ring (bicyclic) bond motifs is 1. The molecule has 0 saturated heterocycles. The molecule has 170 valence electrons. The van der Waals surface area contributed by atoms with Crippen LogP contribution in [0.3, 0.4) is 0 Å². The molecule has 1 aromatic heterocycles. The van der Waals surface area contributed by atoms with Crippen molar-refractivity contribution < 1.29 is 4.79 Å². The van der Waals surface area contributed by atoms with E-state index in [2.05, 4.69) is 75.5 Å². The summed E-state index contributed by atoms with van der Waals surface area (Å²) in [5, 5.41) is 3.99. The third kappa shape index (κ3) is 5.86. The second kappa shape index (κ2) is 9.46. The number of nitrogens with one attached hydrogen (secondary N) is 1. The van der Waals surface area contributed by atoms with Crippen LogP contribution in [0, 0.1) is 6.92 Å². The highest BCUT2D eigenvalue weighted by molar-refractivity contribution is 7.21. The number of hydrogen-bond acceptors (Lipinski definition) is 4. The van der Waals surface area contributed by atoms with Gasteiger partial charge in [0, 0.05) is 17.8 Å². The molecule has 0 aliphatic rings. The lowest BCUT2D eigenvalue weighted by atomic mass is 9.87. The zero-order chi connectivity index (χ0) is 23.6. The van der Waals surface area contributed by atoms with Crippen molar-refractivity contribution in [1.82, 2.24) is 9.88 Å². The molecule has 3 aromatic carbocycles. The van der Waals surface area contributed by atoms with Gasteiger partial charge in [0.1, 0.15) is 5.01 Å². The van der Waals surface area contributed by atoms with E-state index in [0.717, 1.165) is 28.3 Å². The highest BCUT2D eigenvalue weighted by atomic mass is 32.1. The summed E-state index contributed by atoms with van der Waals surface area (Å²) >= 11 is 1.69. The summed E-state index contributed by atoms with van der Waals surface area (Å²) in [5.74, 6) is -0.0213. The van der Waals surface area contributed by atoms with Crippen molar-refractivity contribution in [2.45, 2.75) is 39.7 Å². The van der Waals surface area contributed by atoms with Crippen molar-refractivity contribution in [1.29, 1.82) is 0 Å². The first-order valence-electron chi connectivity index (χ1n) is 11.2. The van der Waals surface area contributed by atoms with E-state index < -0.39 is 0 Å². The Bertz CT molecular complexity index is 1250. The Morgan fingerprint density at radius 1 is 1.00 bits per heavy atom. The minimum Gasteiger partial charge on any atom is -0.325 e. The lowest BCUT2D eigenvalue weighted by Crippen LogP contribution is -2.29. The van der Waals surface area contributed by atoms with E-state index in [-0.39, 0.29) is 11.3 Å². The zero-order valence-corrected chi connectivity index (χ0v) is 20.8. The Morgan fingerprint density at radius 3 is 2.36 bits per heavy atom. The lowest BCUT2D eigenvalue weighted by molar-refractivity contribution is -0.117. The van der Waals surface area contributed by atoms with E-state index in [9.17, 15) is 4.79 Å². The van der Waals surface area contributed by atoms with Crippen LogP contribution < -0.4 is 5.32 Å². The average Bonchev–Trinajstić information content (AvgIpc) is 3.17. The number of amides is 1. The molecule has 33 heavy (non-hydrogen) atoms. The van der Waals surface area contributed by atoms with Gasteiger partial charge in [-0.2, -0.15) is 0 Å². The van der Waals surface area contributed by atoms with Crippen molar-refractivity contribution in [3.63, 3.8) is 0 Å². The number of anilines is 1. The number of carbonyl (C=O) groups excluding carboxylic acids is 1. The van der Waals surface area contributed by atoms with Crippen LogP contribution in [0.4, 0.5) is 5.69 Å². The van der Waals surface area contributed by atoms with Crippen LogP contribution in [0.2, 0.25) is 0 Å². The topological polar surface area (TPSA) is 45.2 Å². The van der Waals surface area contributed by atoms with Gasteiger partial charge in [0.05, 0.1) is 16.8 Å². The smallest absolute Gasteiger partial charge is 0.238 e. The summed E-state index contributed by atoms with van der Waals surface area (Å²) in [4.78, 5) is 19.3. The summed E-state index contributed by atoms with van der Waals surface area (Å²) < 4.78 is 1.19. The van der Waals surface area contributed by atoms with Gasteiger partial charge in [0.2, 0.25) is 5.91 Å². The van der Waals surface area contributed by atoms with Gasteiger partial charge in [-0.05, 0) is 72.5 Å². The number of thiazole rings is 1. The maximum atomic E-state index is 12.5. The number of likely N-dealkylation sites (N-methyl/N-ethyl adjacent to an activating group) is 1. The highest BCUT2D eigenvalue weighted by Crippen LogP contribution is 2.31. The summed E-state index contributed by atoms with van der Waals surface area (Å²) in [5.41, 5.74) is 6.78.